The Hall–Kier alpha value is -2.22. The maximum absolute atomic E-state index is 12.5. The summed E-state index contributed by atoms with van der Waals surface area (Å²) in [5.74, 6) is 0.698. The summed E-state index contributed by atoms with van der Waals surface area (Å²) < 4.78 is 10.6. The second-order valence-electron chi connectivity index (χ2n) is 5.37. The third-order valence-corrected chi connectivity index (χ3v) is 3.69. The van der Waals surface area contributed by atoms with E-state index in [0.717, 1.165) is 25.9 Å². The Morgan fingerprint density at radius 1 is 1.22 bits per heavy atom. The van der Waals surface area contributed by atoms with Gasteiger partial charge in [0.25, 0.3) is 0 Å². The van der Waals surface area contributed by atoms with Gasteiger partial charge in [0.1, 0.15) is 11.5 Å². The highest BCUT2D eigenvalue weighted by Crippen LogP contribution is 2.32. The highest BCUT2D eigenvalue weighted by molar-refractivity contribution is 5.78. The molecule has 126 valence electrons. The summed E-state index contributed by atoms with van der Waals surface area (Å²) >= 11 is 0. The van der Waals surface area contributed by atoms with E-state index in [2.05, 4.69) is 6.07 Å². The quantitative estimate of drug-likeness (QED) is 0.700. The van der Waals surface area contributed by atoms with Crippen LogP contribution < -0.4 is 9.47 Å². The predicted octanol–water partition coefficient (Wildman–Crippen LogP) is 3.35. The maximum Gasteiger partial charge on any atom is 0.224 e. The number of carbonyl (C=O) groups is 1. The van der Waals surface area contributed by atoms with E-state index < -0.39 is 5.92 Å². The van der Waals surface area contributed by atoms with Gasteiger partial charge in [0.2, 0.25) is 5.91 Å². The van der Waals surface area contributed by atoms with Crippen LogP contribution in [0.3, 0.4) is 0 Å². The minimum atomic E-state index is -0.552. The number of amides is 1. The van der Waals surface area contributed by atoms with Crippen LogP contribution in [0.4, 0.5) is 0 Å². The van der Waals surface area contributed by atoms with Crippen molar-refractivity contribution in [3.63, 3.8) is 0 Å². The van der Waals surface area contributed by atoms with E-state index in [0.29, 0.717) is 17.1 Å². The second-order valence-corrected chi connectivity index (χ2v) is 5.37. The van der Waals surface area contributed by atoms with E-state index in [-0.39, 0.29) is 12.3 Å². The molecular formula is C18H26N2O3. The van der Waals surface area contributed by atoms with Crippen LogP contribution in [0.1, 0.15) is 44.6 Å². The summed E-state index contributed by atoms with van der Waals surface area (Å²) in [4.78, 5) is 14.4. The summed E-state index contributed by atoms with van der Waals surface area (Å²) in [6.45, 7) is 5.53. The van der Waals surface area contributed by atoms with Gasteiger partial charge in [-0.3, -0.25) is 4.79 Å². The molecule has 0 spiro atoms. The lowest BCUT2D eigenvalue weighted by molar-refractivity contribution is -0.131. The van der Waals surface area contributed by atoms with Gasteiger partial charge < -0.3 is 14.4 Å². The van der Waals surface area contributed by atoms with E-state index in [1.165, 1.54) is 0 Å². The summed E-state index contributed by atoms with van der Waals surface area (Å²) in [5.41, 5.74) is 0.690. The molecule has 0 aliphatic heterocycles. The number of ether oxygens (including phenoxy) is 2. The number of nitriles is 1. The van der Waals surface area contributed by atoms with Crippen molar-refractivity contribution in [2.45, 2.75) is 39.0 Å². The minimum absolute atomic E-state index is 0.00474. The van der Waals surface area contributed by atoms with Gasteiger partial charge in [-0.1, -0.05) is 13.8 Å². The molecule has 0 fully saturated rings. The first-order chi connectivity index (χ1) is 11.1. The van der Waals surface area contributed by atoms with Gasteiger partial charge in [-0.15, -0.1) is 0 Å². The molecule has 1 atom stereocenters. The Kier molecular flexibility index (Phi) is 7.96. The first-order valence-electron chi connectivity index (χ1n) is 8.00. The monoisotopic (exact) mass is 318 g/mol. The van der Waals surface area contributed by atoms with Crippen LogP contribution >= 0.6 is 0 Å². The van der Waals surface area contributed by atoms with Crippen LogP contribution in [-0.2, 0) is 4.79 Å². The molecule has 0 aliphatic rings. The summed E-state index contributed by atoms with van der Waals surface area (Å²) in [5, 5.41) is 9.54. The Balaban J connectivity index is 3.00. The molecule has 0 radical (unpaired) electrons. The summed E-state index contributed by atoms with van der Waals surface area (Å²) in [6, 6.07) is 7.54. The molecule has 0 N–H and O–H groups in total. The molecule has 0 heterocycles. The van der Waals surface area contributed by atoms with Crippen molar-refractivity contribution < 1.29 is 14.3 Å². The normalized spacial score (nSPS) is 11.4. The molecule has 1 rings (SSSR count). The molecule has 0 saturated heterocycles. The smallest absolute Gasteiger partial charge is 0.224 e. The van der Waals surface area contributed by atoms with Crippen molar-refractivity contribution in [1.29, 1.82) is 5.26 Å². The van der Waals surface area contributed by atoms with Gasteiger partial charge in [-0.25, -0.2) is 0 Å². The van der Waals surface area contributed by atoms with Gasteiger partial charge in [0, 0.05) is 25.1 Å². The molecule has 1 aromatic rings. The van der Waals surface area contributed by atoms with Crippen molar-refractivity contribution in [3.8, 4) is 17.6 Å². The molecule has 0 bridgehead atoms. The zero-order valence-corrected chi connectivity index (χ0v) is 14.5. The fourth-order valence-electron chi connectivity index (χ4n) is 2.54. The van der Waals surface area contributed by atoms with Crippen LogP contribution in [0, 0.1) is 11.3 Å². The Morgan fingerprint density at radius 2 is 1.87 bits per heavy atom. The number of nitrogens with zero attached hydrogens (tertiary/aromatic N) is 2. The molecule has 1 unspecified atom stereocenters. The maximum atomic E-state index is 12.5. The van der Waals surface area contributed by atoms with Crippen LogP contribution in [0.2, 0.25) is 0 Å². The van der Waals surface area contributed by atoms with Gasteiger partial charge in [-0.05, 0) is 31.0 Å². The van der Waals surface area contributed by atoms with Crippen molar-refractivity contribution in [3.05, 3.63) is 23.8 Å². The Labute approximate surface area is 138 Å². The van der Waals surface area contributed by atoms with Crippen molar-refractivity contribution in [1.82, 2.24) is 4.90 Å². The highest BCUT2D eigenvalue weighted by atomic mass is 16.5. The zero-order valence-electron chi connectivity index (χ0n) is 14.5. The number of hydrogen-bond acceptors (Lipinski definition) is 4. The average molecular weight is 318 g/mol. The van der Waals surface area contributed by atoms with E-state index in [1.807, 2.05) is 18.7 Å². The molecule has 1 amide bonds. The van der Waals surface area contributed by atoms with Crippen LogP contribution in [-0.4, -0.2) is 38.1 Å². The minimum Gasteiger partial charge on any atom is -0.497 e. The molecule has 1 aromatic carbocycles. The molecular weight excluding hydrogens is 292 g/mol. The topological polar surface area (TPSA) is 62.6 Å². The lowest BCUT2D eigenvalue weighted by atomic mass is 9.95. The Bertz CT molecular complexity index is 546. The van der Waals surface area contributed by atoms with Gasteiger partial charge in [-0.2, -0.15) is 5.26 Å². The second kappa shape index (κ2) is 9.73. The third-order valence-electron chi connectivity index (χ3n) is 3.69. The fourth-order valence-corrected chi connectivity index (χ4v) is 2.54. The largest absolute Gasteiger partial charge is 0.497 e. The third kappa shape index (κ3) is 5.17. The molecule has 5 heteroatoms. The molecule has 5 nitrogen and oxygen atoms in total. The van der Waals surface area contributed by atoms with E-state index in [9.17, 15) is 10.1 Å². The first-order valence-corrected chi connectivity index (χ1v) is 8.00. The van der Waals surface area contributed by atoms with Crippen molar-refractivity contribution >= 4 is 5.91 Å². The SMILES string of the molecule is CCCN(CCC)C(=O)CC(C#N)c1cc(OC)ccc1OC. The Morgan fingerprint density at radius 3 is 2.35 bits per heavy atom. The number of benzene rings is 1. The molecule has 0 aliphatic carbocycles. The predicted molar refractivity (Wildman–Crippen MR) is 89.7 cm³/mol. The number of hydrogen-bond donors (Lipinski definition) is 0. The zero-order chi connectivity index (χ0) is 17.2. The number of rotatable bonds is 9. The molecule has 0 aromatic heterocycles. The van der Waals surface area contributed by atoms with Gasteiger partial charge in [0.15, 0.2) is 0 Å². The number of carbonyl (C=O) groups excluding carboxylic acids is 1. The van der Waals surface area contributed by atoms with E-state index in [4.69, 9.17) is 9.47 Å². The summed E-state index contributed by atoms with van der Waals surface area (Å²) in [6.07, 6.45) is 1.97. The van der Waals surface area contributed by atoms with Crippen LogP contribution in [0.25, 0.3) is 0 Å². The lowest BCUT2D eigenvalue weighted by Gasteiger charge is -2.23. The number of methoxy groups -OCH3 is 2. The lowest BCUT2D eigenvalue weighted by Crippen LogP contribution is -2.33. The van der Waals surface area contributed by atoms with E-state index >= 15 is 0 Å². The summed E-state index contributed by atoms with van der Waals surface area (Å²) in [7, 11) is 3.13. The van der Waals surface area contributed by atoms with Gasteiger partial charge >= 0.3 is 0 Å². The first kappa shape index (κ1) is 18.8. The van der Waals surface area contributed by atoms with Crippen LogP contribution in [0.15, 0.2) is 18.2 Å². The van der Waals surface area contributed by atoms with Gasteiger partial charge in [0.05, 0.1) is 26.2 Å². The van der Waals surface area contributed by atoms with Crippen molar-refractivity contribution in [2.24, 2.45) is 0 Å². The highest BCUT2D eigenvalue weighted by Gasteiger charge is 2.23. The van der Waals surface area contributed by atoms with Crippen molar-refractivity contribution in [2.75, 3.05) is 27.3 Å². The van der Waals surface area contributed by atoms with Crippen LogP contribution in [0.5, 0.6) is 11.5 Å². The average Bonchev–Trinajstić information content (AvgIpc) is 2.58. The molecule has 0 saturated carbocycles. The standard InChI is InChI=1S/C18H26N2O3/c1-5-9-20(10-6-2)18(21)11-14(13-19)16-12-15(22-3)7-8-17(16)23-4/h7-8,12,14H,5-6,9-11H2,1-4H3. The van der Waals surface area contributed by atoms with E-state index in [1.54, 1.807) is 32.4 Å². The fraction of sp³-hybridized carbons (Fsp3) is 0.556. The molecule has 23 heavy (non-hydrogen) atoms.